The molecule has 0 aliphatic carbocycles. The molecule has 0 radical (unpaired) electrons. The first-order chi connectivity index (χ1) is 11.3. The number of nitrogens with zero attached hydrogens (tertiary/aromatic N) is 1. The first-order valence-electron chi connectivity index (χ1n) is 7.15. The van der Waals surface area contributed by atoms with Crippen LogP contribution < -0.4 is 10.2 Å². The predicted octanol–water partition coefficient (Wildman–Crippen LogP) is 5.03. The van der Waals surface area contributed by atoms with Gasteiger partial charge in [0.15, 0.2) is 0 Å². The summed E-state index contributed by atoms with van der Waals surface area (Å²) in [6.07, 6.45) is 0.121. The largest absolute Gasteiger partial charge is 0.326 e. The van der Waals surface area contributed by atoms with E-state index >= 15 is 0 Å². The van der Waals surface area contributed by atoms with Crippen LogP contribution in [0.4, 0.5) is 11.4 Å². The minimum Gasteiger partial charge on any atom is -0.326 e. The van der Waals surface area contributed by atoms with E-state index in [0.29, 0.717) is 26.4 Å². The van der Waals surface area contributed by atoms with E-state index in [2.05, 4.69) is 5.32 Å². The maximum atomic E-state index is 12.1. The third kappa shape index (κ3) is 5.41. The number of benzene rings is 2. The Balaban J connectivity index is 2.03. The molecule has 0 saturated carbocycles. The van der Waals surface area contributed by atoms with Gasteiger partial charge in [0.1, 0.15) is 0 Å². The van der Waals surface area contributed by atoms with Crippen LogP contribution >= 0.6 is 34.8 Å². The van der Waals surface area contributed by atoms with Gasteiger partial charge in [-0.25, -0.2) is 0 Å². The summed E-state index contributed by atoms with van der Waals surface area (Å²) < 4.78 is 0. The van der Waals surface area contributed by atoms with Crippen molar-refractivity contribution >= 4 is 58.0 Å². The van der Waals surface area contributed by atoms with Gasteiger partial charge in [0.25, 0.3) is 0 Å². The number of amides is 2. The van der Waals surface area contributed by atoms with Crippen LogP contribution in [0.3, 0.4) is 0 Å². The number of anilines is 2. The van der Waals surface area contributed by atoms with Crippen LogP contribution in [0.25, 0.3) is 0 Å². The molecule has 0 bridgehead atoms. The number of hydrogen-bond acceptors (Lipinski definition) is 2. The normalized spacial score (nSPS) is 10.3. The van der Waals surface area contributed by atoms with Crippen LogP contribution in [-0.4, -0.2) is 18.4 Å². The minimum atomic E-state index is -0.225. The van der Waals surface area contributed by atoms with E-state index in [-0.39, 0.29) is 24.8 Å². The van der Waals surface area contributed by atoms with Crippen LogP contribution in [-0.2, 0) is 9.59 Å². The molecule has 0 saturated heterocycles. The molecule has 0 spiro atoms. The fourth-order valence-electron chi connectivity index (χ4n) is 2.17. The Morgan fingerprint density at radius 3 is 2.25 bits per heavy atom. The van der Waals surface area contributed by atoms with Gasteiger partial charge < -0.3 is 10.2 Å². The number of rotatable bonds is 5. The van der Waals surface area contributed by atoms with E-state index in [1.165, 1.54) is 11.8 Å². The van der Waals surface area contributed by atoms with Crippen molar-refractivity contribution in [2.45, 2.75) is 13.3 Å². The minimum absolute atomic E-state index is 0.121. The van der Waals surface area contributed by atoms with E-state index in [1.54, 1.807) is 42.5 Å². The van der Waals surface area contributed by atoms with Crippen molar-refractivity contribution in [3.63, 3.8) is 0 Å². The van der Waals surface area contributed by atoms with Crippen molar-refractivity contribution < 1.29 is 9.59 Å². The third-order valence-electron chi connectivity index (χ3n) is 3.21. The zero-order valence-electron chi connectivity index (χ0n) is 12.9. The molecule has 0 heterocycles. The molecule has 4 nitrogen and oxygen atoms in total. The molecule has 2 amide bonds. The zero-order chi connectivity index (χ0) is 17.7. The number of halogens is 3. The summed E-state index contributed by atoms with van der Waals surface area (Å²) >= 11 is 17.8. The molecule has 0 atom stereocenters. The van der Waals surface area contributed by atoms with Gasteiger partial charge in [-0.15, -0.1) is 0 Å². The zero-order valence-corrected chi connectivity index (χ0v) is 15.1. The topological polar surface area (TPSA) is 49.4 Å². The van der Waals surface area contributed by atoms with Gasteiger partial charge in [-0.2, -0.15) is 0 Å². The van der Waals surface area contributed by atoms with Crippen molar-refractivity contribution in [2.24, 2.45) is 0 Å². The first-order valence-corrected chi connectivity index (χ1v) is 8.28. The maximum absolute atomic E-state index is 12.1. The lowest BCUT2D eigenvalue weighted by molar-refractivity contribution is -0.117. The van der Waals surface area contributed by atoms with Crippen LogP contribution in [0.1, 0.15) is 13.3 Å². The Morgan fingerprint density at radius 2 is 1.67 bits per heavy atom. The first kappa shape index (κ1) is 18.6. The molecular weight excluding hydrogens is 371 g/mol. The van der Waals surface area contributed by atoms with Crippen LogP contribution in [0, 0.1) is 0 Å². The molecular formula is C17H15Cl3N2O2. The summed E-state index contributed by atoms with van der Waals surface area (Å²) in [5, 5.41) is 4.12. The van der Waals surface area contributed by atoms with Crippen molar-refractivity contribution in [2.75, 3.05) is 16.8 Å². The van der Waals surface area contributed by atoms with Crippen molar-refractivity contribution in [1.29, 1.82) is 0 Å². The van der Waals surface area contributed by atoms with E-state index in [9.17, 15) is 9.59 Å². The fraction of sp³-hybridized carbons (Fsp3) is 0.176. The van der Waals surface area contributed by atoms with Crippen LogP contribution in [0.2, 0.25) is 15.1 Å². The smallest absolute Gasteiger partial charge is 0.226 e. The molecule has 2 rings (SSSR count). The lowest BCUT2D eigenvalue weighted by Gasteiger charge is -2.21. The van der Waals surface area contributed by atoms with E-state index in [0.717, 1.165) is 0 Å². The molecule has 0 fully saturated rings. The monoisotopic (exact) mass is 384 g/mol. The second kappa shape index (κ2) is 8.38. The lowest BCUT2D eigenvalue weighted by atomic mass is 10.2. The highest BCUT2D eigenvalue weighted by Gasteiger charge is 2.15. The van der Waals surface area contributed by atoms with E-state index in [4.69, 9.17) is 34.8 Å². The highest BCUT2D eigenvalue weighted by Crippen LogP contribution is 2.26. The average Bonchev–Trinajstić information content (AvgIpc) is 2.46. The summed E-state index contributed by atoms with van der Waals surface area (Å²) in [5.41, 5.74) is 1.16. The molecule has 0 unspecified atom stereocenters. The molecule has 126 valence electrons. The number of nitrogens with one attached hydrogen (secondary N) is 1. The third-order valence-corrected chi connectivity index (χ3v) is 3.88. The molecule has 0 aliphatic heterocycles. The van der Waals surface area contributed by atoms with E-state index in [1.807, 2.05) is 0 Å². The fourth-order valence-corrected chi connectivity index (χ4v) is 2.87. The molecule has 2 aromatic rings. The Bertz CT molecular complexity index is 745. The number of hydrogen-bond donors (Lipinski definition) is 1. The molecule has 24 heavy (non-hydrogen) atoms. The van der Waals surface area contributed by atoms with Crippen molar-refractivity contribution in [3.05, 3.63) is 57.5 Å². The Kier molecular flexibility index (Phi) is 6.49. The van der Waals surface area contributed by atoms with Gasteiger partial charge >= 0.3 is 0 Å². The summed E-state index contributed by atoms with van der Waals surface area (Å²) in [7, 11) is 0. The van der Waals surface area contributed by atoms with Gasteiger partial charge in [0.2, 0.25) is 11.8 Å². The lowest BCUT2D eigenvalue weighted by Crippen LogP contribution is -2.32. The molecule has 2 aromatic carbocycles. The Hall–Kier alpha value is -1.75. The molecule has 1 N–H and O–H groups in total. The maximum Gasteiger partial charge on any atom is 0.226 e. The SMILES string of the molecule is CC(=O)N(CCC(=O)Nc1cccc(Cl)c1)c1cc(Cl)cc(Cl)c1. The summed E-state index contributed by atoms with van der Waals surface area (Å²) in [6, 6.07) is 11.7. The Morgan fingerprint density at radius 1 is 1.00 bits per heavy atom. The van der Waals surface area contributed by atoms with Gasteiger partial charge in [-0.3, -0.25) is 9.59 Å². The van der Waals surface area contributed by atoms with Gasteiger partial charge in [-0.1, -0.05) is 40.9 Å². The van der Waals surface area contributed by atoms with Crippen molar-refractivity contribution in [1.82, 2.24) is 0 Å². The van der Waals surface area contributed by atoms with Gasteiger partial charge in [-0.05, 0) is 36.4 Å². The van der Waals surface area contributed by atoms with E-state index < -0.39 is 0 Å². The highest BCUT2D eigenvalue weighted by molar-refractivity contribution is 6.35. The number of carbonyl (C=O) groups is 2. The van der Waals surface area contributed by atoms with Gasteiger partial charge in [0.05, 0.1) is 0 Å². The van der Waals surface area contributed by atoms with Crippen molar-refractivity contribution in [3.8, 4) is 0 Å². The average molecular weight is 386 g/mol. The van der Waals surface area contributed by atoms with Gasteiger partial charge in [0, 0.05) is 46.3 Å². The number of carbonyl (C=O) groups excluding carboxylic acids is 2. The molecule has 0 aliphatic rings. The summed E-state index contributed by atoms with van der Waals surface area (Å²) in [5.74, 6) is -0.430. The highest BCUT2D eigenvalue weighted by atomic mass is 35.5. The second-order valence-corrected chi connectivity index (χ2v) is 6.42. The predicted molar refractivity (Wildman–Crippen MR) is 99.2 cm³/mol. The summed E-state index contributed by atoms with van der Waals surface area (Å²) in [4.78, 5) is 25.4. The second-order valence-electron chi connectivity index (χ2n) is 5.11. The molecule has 7 heteroatoms. The molecule has 0 aromatic heterocycles. The quantitative estimate of drug-likeness (QED) is 0.785. The van der Waals surface area contributed by atoms with Crippen LogP contribution in [0.5, 0.6) is 0 Å². The Labute approximate surface area is 155 Å². The van der Waals surface area contributed by atoms with Crippen LogP contribution in [0.15, 0.2) is 42.5 Å². The summed E-state index contributed by atoms with van der Waals surface area (Å²) in [6.45, 7) is 1.63. The standard InChI is InChI=1S/C17H15Cl3N2O2/c1-11(23)22(16-9-13(19)7-14(20)10-16)6-5-17(24)21-15-4-2-3-12(18)8-15/h2-4,7-10H,5-6H2,1H3,(H,21,24).